The van der Waals surface area contributed by atoms with Crippen LogP contribution in [-0.2, 0) is 17.9 Å². The van der Waals surface area contributed by atoms with Crippen molar-refractivity contribution in [3.63, 3.8) is 0 Å². The van der Waals surface area contributed by atoms with Crippen LogP contribution in [0.4, 0.5) is 14.9 Å². The lowest BCUT2D eigenvalue weighted by molar-refractivity contribution is -0.133. The summed E-state index contributed by atoms with van der Waals surface area (Å²) in [4.78, 5) is 30.7. The summed E-state index contributed by atoms with van der Waals surface area (Å²) in [6, 6.07) is 12.9. The average molecular weight is 498 g/mol. The summed E-state index contributed by atoms with van der Waals surface area (Å²) in [7, 11) is 0. The molecule has 1 aromatic heterocycles. The van der Waals surface area contributed by atoms with Crippen molar-refractivity contribution >= 4 is 29.0 Å². The number of thiophene rings is 1. The van der Waals surface area contributed by atoms with Gasteiger partial charge in [-0.2, -0.15) is 0 Å². The number of rotatable bonds is 9. The van der Waals surface area contributed by atoms with E-state index in [1.165, 1.54) is 23.1 Å². The molecular formula is C26H28FN3O4S. The number of ether oxygens (including phenoxy) is 2. The van der Waals surface area contributed by atoms with Crippen LogP contribution in [0.2, 0.25) is 0 Å². The number of nitrogens with one attached hydrogen (secondary N) is 1. The average Bonchev–Trinajstić information content (AvgIpc) is 3.46. The first kappa shape index (κ1) is 24.5. The molecule has 0 bridgehead atoms. The van der Waals surface area contributed by atoms with Crippen LogP contribution < -0.4 is 14.8 Å². The highest BCUT2D eigenvalue weighted by molar-refractivity contribution is 7.10. The second-order valence-corrected chi connectivity index (χ2v) is 9.33. The second kappa shape index (κ2) is 11.2. The van der Waals surface area contributed by atoms with Gasteiger partial charge in [-0.1, -0.05) is 19.1 Å². The molecule has 35 heavy (non-hydrogen) atoms. The Kier molecular flexibility index (Phi) is 7.87. The van der Waals surface area contributed by atoms with E-state index in [0.29, 0.717) is 43.2 Å². The van der Waals surface area contributed by atoms with E-state index in [4.69, 9.17) is 9.47 Å². The van der Waals surface area contributed by atoms with Gasteiger partial charge in [0.1, 0.15) is 12.4 Å². The lowest BCUT2D eigenvalue weighted by Crippen LogP contribution is -2.44. The van der Waals surface area contributed by atoms with Crippen molar-refractivity contribution in [3.05, 3.63) is 75.7 Å². The van der Waals surface area contributed by atoms with E-state index < -0.39 is 11.8 Å². The van der Waals surface area contributed by atoms with Gasteiger partial charge in [-0.05, 0) is 66.2 Å². The molecule has 0 fully saturated rings. The van der Waals surface area contributed by atoms with Crippen LogP contribution in [0.5, 0.6) is 11.5 Å². The van der Waals surface area contributed by atoms with E-state index in [0.717, 1.165) is 16.0 Å². The lowest BCUT2D eigenvalue weighted by Gasteiger charge is -2.28. The monoisotopic (exact) mass is 497 g/mol. The number of anilines is 1. The maximum absolute atomic E-state index is 13.5. The van der Waals surface area contributed by atoms with Crippen molar-refractivity contribution in [1.29, 1.82) is 0 Å². The Labute approximate surface area is 208 Å². The molecule has 2 aromatic carbocycles. The van der Waals surface area contributed by atoms with E-state index >= 15 is 0 Å². The first-order valence-corrected chi connectivity index (χ1v) is 12.3. The third-order valence-corrected chi connectivity index (χ3v) is 6.66. The molecule has 3 amide bonds. The number of carbonyl (C=O) groups excluding carboxylic acids is 2. The molecule has 1 aliphatic heterocycles. The lowest BCUT2D eigenvalue weighted by atomic mass is 10.1. The Morgan fingerprint density at radius 3 is 2.63 bits per heavy atom. The number of hydrogen-bond donors (Lipinski definition) is 1. The van der Waals surface area contributed by atoms with E-state index in [1.807, 2.05) is 43.5 Å². The molecule has 0 saturated heterocycles. The van der Waals surface area contributed by atoms with Crippen molar-refractivity contribution in [2.24, 2.45) is 0 Å². The quantitative estimate of drug-likeness (QED) is 0.430. The maximum atomic E-state index is 13.5. The number of urea groups is 1. The number of aryl methyl sites for hydroxylation is 1. The Bertz CT molecular complexity index is 1200. The molecule has 0 atom stereocenters. The van der Waals surface area contributed by atoms with Gasteiger partial charge in [0.05, 0.1) is 6.54 Å². The molecular weight excluding hydrogens is 469 g/mol. The Morgan fingerprint density at radius 1 is 1.06 bits per heavy atom. The van der Waals surface area contributed by atoms with Crippen molar-refractivity contribution in [1.82, 2.24) is 9.80 Å². The van der Waals surface area contributed by atoms with Crippen LogP contribution >= 0.6 is 11.3 Å². The fourth-order valence-corrected chi connectivity index (χ4v) is 4.71. The van der Waals surface area contributed by atoms with Crippen LogP contribution in [0, 0.1) is 12.7 Å². The zero-order valence-corrected chi connectivity index (χ0v) is 20.6. The first-order chi connectivity index (χ1) is 16.9. The zero-order chi connectivity index (χ0) is 24.8. The van der Waals surface area contributed by atoms with Crippen LogP contribution in [0.3, 0.4) is 0 Å². The van der Waals surface area contributed by atoms with Crippen molar-refractivity contribution in [3.8, 4) is 11.5 Å². The number of hydrogen-bond acceptors (Lipinski definition) is 5. The molecule has 0 saturated carbocycles. The van der Waals surface area contributed by atoms with Gasteiger partial charge in [-0.3, -0.25) is 4.79 Å². The zero-order valence-electron chi connectivity index (χ0n) is 19.8. The van der Waals surface area contributed by atoms with E-state index in [9.17, 15) is 14.0 Å². The summed E-state index contributed by atoms with van der Waals surface area (Å²) < 4.78 is 24.4. The highest BCUT2D eigenvalue weighted by Crippen LogP contribution is 2.33. The van der Waals surface area contributed by atoms with Gasteiger partial charge < -0.3 is 24.6 Å². The first-order valence-electron chi connectivity index (χ1n) is 11.4. The second-order valence-electron chi connectivity index (χ2n) is 8.33. The topological polar surface area (TPSA) is 71.1 Å². The predicted molar refractivity (Wildman–Crippen MR) is 133 cm³/mol. The molecule has 3 aromatic rings. The number of benzene rings is 2. The van der Waals surface area contributed by atoms with Crippen LogP contribution in [0.1, 0.15) is 29.3 Å². The minimum absolute atomic E-state index is 0.0933. The summed E-state index contributed by atoms with van der Waals surface area (Å²) in [6.45, 7) is 5.23. The molecule has 7 nitrogen and oxygen atoms in total. The summed E-state index contributed by atoms with van der Waals surface area (Å²) in [5.74, 6) is 0.716. The molecule has 0 radical (unpaired) electrons. The Morgan fingerprint density at radius 2 is 1.89 bits per heavy atom. The summed E-state index contributed by atoms with van der Waals surface area (Å²) in [5, 5.41) is 4.70. The van der Waals surface area contributed by atoms with Gasteiger partial charge in [-0.15, -0.1) is 11.3 Å². The van der Waals surface area contributed by atoms with Gasteiger partial charge in [0.2, 0.25) is 12.7 Å². The summed E-state index contributed by atoms with van der Waals surface area (Å²) >= 11 is 1.60. The van der Waals surface area contributed by atoms with Crippen molar-refractivity contribution in [2.75, 3.05) is 25.2 Å². The van der Waals surface area contributed by atoms with Gasteiger partial charge in [0, 0.05) is 23.7 Å². The smallest absolute Gasteiger partial charge is 0.322 e. The highest BCUT2D eigenvalue weighted by atomic mass is 32.1. The Balaban J connectivity index is 1.51. The van der Waals surface area contributed by atoms with Gasteiger partial charge in [0.15, 0.2) is 11.5 Å². The molecule has 1 aliphatic rings. The molecule has 9 heteroatoms. The number of amides is 3. The summed E-state index contributed by atoms with van der Waals surface area (Å²) in [5.41, 5.74) is 2.37. The molecule has 0 spiro atoms. The van der Waals surface area contributed by atoms with Crippen molar-refractivity contribution in [2.45, 2.75) is 33.4 Å². The number of fused-ring (bicyclic) bond motifs is 1. The van der Waals surface area contributed by atoms with Gasteiger partial charge in [0.25, 0.3) is 0 Å². The van der Waals surface area contributed by atoms with E-state index in [2.05, 4.69) is 5.32 Å². The Hall–Kier alpha value is -3.59. The maximum Gasteiger partial charge on any atom is 0.322 e. The molecule has 2 heterocycles. The third-order valence-electron chi connectivity index (χ3n) is 5.65. The SMILES string of the molecule is CCCN(CC(=O)N(Cc1ccc2c(c1)OCO2)Cc1sccc1C)C(=O)Nc1cccc(F)c1. The molecule has 184 valence electrons. The number of halogens is 1. The van der Waals surface area contributed by atoms with Crippen LogP contribution in [0.15, 0.2) is 53.9 Å². The third kappa shape index (κ3) is 6.30. The minimum Gasteiger partial charge on any atom is -0.454 e. The van der Waals surface area contributed by atoms with Crippen LogP contribution in [0.25, 0.3) is 0 Å². The van der Waals surface area contributed by atoms with Gasteiger partial charge >= 0.3 is 6.03 Å². The summed E-state index contributed by atoms with van der Waals surface area (Å²) in [6.07, 6.45) is 0.677. The largest absolute Gasteiger partial charge is 0.454 e. The molecule has 0 unspecified atom stereocenters. The van der Waals surface area contributed by atoms with Crippen LogP contribution in [-0.4, -0.2) is 41.6 Å². The fraction of sp³-hybridized carbons (Fsp3) is 0.308. The molecule has 4 rings (SSSR count). The number of carbonyl (C=O) groups is 2. The molecule has 1 N–H and O–H groups in total. The number of nitrogens with zero attached hydrogens (tertiary/aromatic N) is 2. The normalized spacial score (nSPS) is 11.9. The van der Waals surface area contributed by atoms with E-state index in [-0.39, 0.29) is 19.2 Å². The predicted octanol–water partition coefficient (Wildman–Crippen LogP) is 5.40. The van der Waals surface area contributed by atoms with E-state index in [1.54, 1.807) is 22.3 Å². The molecule has 0 aliphatic carbocycles. The van der Waals surface area contributed by atoms with Crippen molar-refractivity contribution < 1.29 is 23.5 Å². The van der Waals surface area contributed by atoms with Gasteiger partial charge in [-0.25, -0.2) is 9.18 Å². The minimum atomic E-state index is -0.443. The highest BCUT2D eigenvalue weighted by Gasteiger charge is 2.23. The fourth-order valence-electron chi connectivity index (χ4n) is 3.79. The standard InChI is InChI=1S/C26H28FN3O4S/c1-3-10-29(26(32)28-21-6-4-5-20(27)13-21)16-25(31)30(15-24-18(2)9-11-35-24)14-19-7-8-22-23(12-19)34-17-33-22/h4-9,11-13H,3,10,14-17H2,1-2H3,(H,28,32).